The lowest BCUT2D eigenvalue weighted by Gasteiger charge is -2.31. The number of carboxylic acids is 1. The Morgan fingerprint density at radius 3 is 2.70 bits per heavy atom. The van der Waals surface area contributed by atoms with Gasteiger partial charge in [0.1, 0.15) is 5.69 Å². The largest absolute Gasteiger partial charge is 0.481 e. The Bertz CT molecular complexity index is 478. The molecule has 0 atom stereocenters. The van der Waals surface area contributed by atoms with E-state index in [1.165, 1.54) is 0 Å². The van der Waals surface area contributed by atoms with Gasteiger partial charge >= 0.3 is 5.97 Å². The van der Waals surface area contributed by atoms with Gasteiger partial charge in [-0.25, -0.2) is 0 Å². The monoisotopic (exact) mass is 281 g/mol. The van der Waals surface area contributed by atoms with Crippen molar-refractivity contribution in [3.8, 4) is 0 Å². The third-order valence-corrected chi connectivity index (χ3v) is 3.33. The molecule has 7 heteroatoms. The number of aliphatic carboxylic acids is 1. The Morgan fingerprint density at radius 1 is 1.45 bits per heavy atom. The minimum absolute atomic E-state index is 0.0209. The number of aryl methyl sites for hydroxylation is 1. The number of likely N-dealkylation sites (tertiary alicyclic amines) is 1. The van der Waals surface area contributed by atoms with Crippen molar-refractivity contribution in [3.05, 3.63) is 18.0 Å². The smallest absolute Gasteiger partial charge is 0.305 e. The molecule has 0 radical (unpaired) electrons. The topological polar surface area (TPSA) is 84.7 Å². The zero-order valence-electron chi connectivity index (χ0n) is 11.5. The minimum atomic E-state index is -0.854. The maximum atomic E-state index is 12.2. The van der Waals surface area contributed by atoms with E-state index in [9.17, 15) is 9.59 Å². The highest BCUT2D eigenvalue weighted by Crippen LogP contribution is 2.16. The van der Waals surface area contributed by atoms with Gasteiger partial charge in [-0.05, 0) is 18.9 Å². The number of rotatable bonds is 5. The van der Waals surface area contributed by atoms with E-state index in [2.05, 4.69) is 5.10 Å². The van der Waals surface area contributed by atoms with Gasteiger partial charge in [0, 0.05) is 26.3 Å². The normalized spacial score (nSPS) is 16.4. The third-order valence-electron chi connectivity index (χ3n) is 3.33. The molecule has 7 nitrogen and oxygen atoms in total. The molecule has 1 amide bonds. The van der Waals surface area contributed by atoms with Gasteiger partial charge in [-0.15, -0.1) is 0 Å². The Labute approximate surface area is 117 Å². The summed E-state index contributed by atoms with van der Waals surface area (Å²) in [5.74, 6) is -0.914. The summed E-state index contributed by atoms with van der Waals surface area (Å²) in [4.78, 5) is 24.3. The van der Waals surface area contributed by atoms with Gasteiger partial charge in [0.2, 0.25) is 0 Å². The minimum Gasteiger partial charge on any atom is -0.481 e. The molecule has 0 aliphatic carbocycles. The summed E-state index contributed by atoms with van der Waals surface area (Å²) < 4.78 is 7.10. The summed E-state index contributed by atoms with van der Waals surface area (Å²) in [7, 11) is 1.78. The van der Waals surface area contributed by atoms with Crippen LogP contribution in [0.2, 0.25) is 0 Å². The molecule has 1 N–H and O–H groups in total. The second kappa shape index (κ2) is 6.51. The number of nitrogens with zero attached hydrogens (tertiary/aromatic N) is 3. The summed E-state index contributed by atoms with van der Waals surface area (Å²) in [5.41, 5.74) is 0.456. The first-order valence-electron chi connectivity index (χ1n) is 6.68. The van der Waals surface area contributed by atoms with Gasteiger partial charge in [0.15, 0.2) is 0 Å². The second-order valence-electron chi connectivity index (χ2n) is 4.88. The number of amides is 1. The van der Waals surface area contributed by atoms with Gasteiger partial charge < -0.3 is 14.7 Å². The van der Waals surface area contributed by atoms with Crippen molar-refractivity contribution in [3.63, 3.8) is 0 Å². The Kier molecular flexibility index (Phi) is 4.73. The molecule has 1 aliphatic rings. The Hall–Kier alpha value is -1.89. The average molecular weight is 281 g/mol. The number of hydrogen-bond donors (Lipinski definition) is 1. The number of carbonyl (C=O) groups is 2. The van der Waals surface area contributed by atoms with E-state index in [0.29, 0.717) is 18.8 Å². The van der Waals surface area contributed by atoms with Crippen LogP contribution in [0.3, 0.4) is 0 Å². The molecule has 1 fully saturated rings. The molecule has 0 saturated carbocycles. The Morgan fingerprint density at radius 2 is 2.15 bits per heavy atom. The molecular weight excluding hydrogens is 262 g/mol. The van der Waals surface area contributed by atoms with E-state index >= 15 is 0 Å². The van der Waals surface area contributed by atoms with Crippen LogP contribution < -0.4 is 0 Å². The third kappa shape index (κ3) is 3.80. The molecule has 1 saturated heterocycles. The van der Waals surface area contributed by atoms with Crippen LogP contribution in [0.1, 0.15) is 29.8 Å². The number of carbonyl (C=O) groups excluding carboxylic acids is 1. The summed E-state index contributed by atoms with van der Waals surface area (Å²) in [6.07, 6.45) is 3.28. The molecule has 0 aromatic carbocycles. The molecule has 20 heavy (non-hydrogen) atoms. The SMILES string of the molecule is Cn1ccc(C(=O)N2CCC(OCCC(=O)O)CC2)n1. The van der Waals surface area contributed by atoms with Gasteiger partial charge in [0.05, 0.1) is 19.1 Å². The fourth-order valence-electron chi connectivity index (χ4n) is 2.23. The van der Waals surface area contributed by atoms with Crippen molar-refractivity contribution < 1.29 is 19.4 Å². The lowest BCUT2D eigenvalue weighted by molar-refractivity contribution is -0.138. The first-order chi connectivity index (χ1) is 9.56. The van der Waals surface area contributed by atoms with Gasteiger partial charge in [0.25, 0.3) is 5.91 Å². The lowest BCUT2D eigenvalue weighted by atomic mass is 10.1. The van der Waals surface area contributed by atoms with E-state index in [0.717, 1.165) is 12.8 Å². The van der Waals surface area contributed by atoms with Crippen molar-refractivity contribution in [2.45, 2.75) is 25.4 Å². The molecule has 110 valence electrons. The standard InChI is InChI=1S/C13H19N3O4/c1-15-6-4-11(14-15)13(19)16-7-2-10(3-8-16)20-9-5-12(17)18/h4,6,10H,2-3,5,7-9H2,1H3,(H,17,18). The molecule has 2 heterocycles. The highest BCUT2D eigenvalue weighted by atomic mass is 16.5. The predicted molar refractivity (Wildman–Crippen MR) is 70.3 cm³/mol. The van der Waals surface area contributed by atoms with Crippen LogP contribution in [-0.4, -0.2) is 57.5 Å². The van der Waals surface area contributed by atoms with E-state index in [4.69, 9.17) is 9.84 Å². The molecule has 0 spiro atoms. The molecule has 1 aromatic heterocycles. The Balaban J connectivity index is 1.76. The molecular formula is C13H19N3O4. The molecule has 0 unspecified atom stereocenters. The van der Waals surface area contributed by atoms with Crippen LogP contribution in [-0.2, 0) is 16.6 Å². The van der Waals surface area contributed by atoms with Crippen molar-refractivity contribution >= 4 is 11.9 Å². The van der Waals surface area contributed by atoms with Crippen molar-refractivity contribution in [2.24, 2.45) is 7.05 Å². The van der Waals surface area contributed by atoms with E-state index in [-0.39, 0.29) is 25.0 Å². The summed E-state index contributed by atoms with van der Waals surface area (Å²) >= 11 is 0. The van der Waals surface area contributed by atoms with Gasteiger partial charge in [-0.2, -0.15) is 5.10 Å². The summed E-state index contributed by atoms with van der Waals surface area (Å²) in [5, 5.41) is 12.6. The zero-order chi connectivity index (χ0) is 14.5. The molecule has 1 aliphatic heterocycles. The second-order valence-corrected chi connectivity index (χ2v) is 4.88. The quantitative estimate of drug-likeness (QED) is 0.850. The van der Waals surface area contributed by atoms with E-state index in [1.807, 2.05) is 0 Å². The maximum absolute atomic E-state index is 12.2. The predicted octanol–water partition coefficient (Wildman–Crippen LogP) is 0.516. The fourth-order valence-corrected chi connectivity index (χ4v) is 2.23. The van der Waals surface area contributed by atoms with E-state index < -0.39 is 5.97 Å². The van der Waals surface area contributed by atoms with Gasteiger partial charge in [-0.1, -0.05) is 0 Å². The first kappa shape index (κ1) is 14.5. The fraction of sp³-hybridized carbons (Fsp3) is 0.615. The maximum Gasteiger partial charge on any atom is 0.305 e. The van der Waals surface area contributed by atoms with Gasteiger partial charge in [-0.3, -0.25) is 14.3 Å². The van der Waals surface area contributed by atoms with Crippen LogP contribution in [0, 0.1) is 0 Å². The summed E-state index contributed by atoms with van der Waals surface area (Å²) in [6, 6.07) is 1.71. The summed E-state index contributed by atoms with van der Waals surface area (Å²) in [6.45, 7) is 1.47. The highest BCUT2D eigenvalue weighted by Gasteiger charge is 2.25. The number of piperidine rings is 1. The number of ether oxygens (including phenoxy) is 1. The zero-order valence-corrected chi connectivity index (χ0v) is 11.5. The lowest BCUT2D eigenvalue weighted by Crippen LogP contribution is -2.41. The molecule has 1 aromatic rings. The van der Waals surface area contributed by atoms with Crippen LogP contribution >= 0.6 is 0 Å². The number of aromatic nitrogens is 2. The number of hydrogen-bond acceptors (Lipinski definition) is 4. The van der Waals surface area contributed by atoms with Crippen molar-refractivity contribution in [2.75, 3.05) is 19.7 Å². The van der Waals surface area contributed by atoms with E-state index in [1.54, 1.807) is 28.9 Å². The van der Waals surface area contributed by atoms with Crippen LogP contribution in [0.15, 0.2) is 12.3 Å². The first-order valence-corrected chi connectivity index (χ1v) is 6.68. The van der Waals surface area contributed by atoms with Crippen LogP contribution in [0.5, 0.6) is 0 Å². The van der Waals surface area contributed by atoms with Crippen LogP contribution in [0.25, 0.3) is 0 Å². The molecule has 2 rings (SSSR count). The highest BCUT2D eigenvalue weighted by molar-refractivity contribution is 5.92. The van der Waals surface area contributed by atoms with Crippen molar-refractivity contribution in [1.29, 1.82) is 0 Å². The van der Waals surface area contributed by atoms with Crippen molar-refractivity contribution in [1.82, 2.24) is 14.7 Å². The van der Waals surface area contributed by atoms with Crippen LogP contribution in [0.4, 0.5) is 0 Å². The average Bonchev–Trinajstić information content (AvgIpc) is 2.85. The number of carboxylic acid groups (broad SMARTS) is 1. The molecule has 0 bridgehead atoms.